The minimum atomic E-state index is -1.63. The molecular weight excluding hydrogens is 212 g/mol. The largest absolute Gasteiger partial charge is 0.389 e. The van der Waals surface area contributed by atoms with Crippen molar-refractivity contribution in [2.75, 3.05) is 0 Å². The summed E-state index contributed by atoms with van der Waals surface area (Å²) in [7, 11) is -1.63. The van der Waals surface area contributed by atoms with Crippen LogP contribution in [0.25, 0.3) is 0 Å². The highest BCUT2D eigenvalue weighted by atomic mass is 28.3. The molecule has 0 aromatic heterocycles. The lowest BCUT2D eigenvalue weighted by Crippen LogP contribution is -2.50. The SMILES string of the molecule is C=CC(O)(CCc1ccccc1)[Si](C)(C)C. The Morgan fingerprint density at radius 2 is 1.81 bits per heavy atom. The van der Waals surface area contributed by atoms with E-state index in [9.17, 15) is 5.11 Å². The molecule has 0 saturated carbocycles. The van der Waals surface area contributed by atoms with Crippen LogP contribution in [0, 0.1) is 0 Å². The van der Waals surface area contributed by atoms with Gasteiger partial charge in [-0.1, -0.05) is 56.0 Å². The Morgan fingerprint density at radius 1 is 1.25 bits per heavy atom. The van der Waals surface area contributed by atoms with Crippen LogP contribution in [0.3, 0.4) is 0 Å². The molecule has 0 aliphatic carbocycles. The fraction of sp³-hybridized carbons (Fsp3) is 0.429. The standard InChI is InChI=1S/C14H22OSi/c1-5-14(15,16(2,3)4)12-11-13-9-7-6-8-10-13/h5-10,15H,1,11-12H2,2-4H3. The van der Waals surface area contributed by atoms with Gasteiger partial charge in [0.15, 0.2) is 0 Å². The fourth-order valence-corrected chi connectivity index (χ4v) is 3.25. The fourth-order valence-electron chi connectivity index (χ4n) is 1.76. The zero-order chi connectivity index (χ0) is 12.2. The van der Waals surface area contributed by atoms with Crippen LogP contribution in [0.1, 0.15) is 12.0 Å². The molecule has 0 bridgehead atoms. The number of benzene rings is 1. The summed E-state index contributed by atoms with van der Waals surface area (Å²) in [5, 5.41) is 9.90. The van der Waals surface area contributed by atoms with Crippen LogP contribution >= 0.6 is 0 Å². The van der Waals surface area contributed by atoms with Gasteiger partial charge >= 0.3 is 0 Å². The molecule has 1 rings (SSSR count). The number of hydrogen-bond donors (Lipinski definition) is 1. The molecule has 1 nitrogen and oxygen atoms in total. The van der Waals surface area contributed by atoms with Gasteiger partial charge in [-0.05, 0) is 18.4 Å². The van der Waals surface area contributed by atoms with E-state index in [2.05, 4.69) is 38.4 Å². The zero-order valence-electron chi connectivity index (χ0n) is 10.5. The second-order valence-corrected chi connectivity index (χ2v) is 10.7. The molecule has 0 heterocycles. The molecule has 1 aromatic carbocycles. The quantitative estimate of drug-likeness (QED) is 0.611. The van der Waals surface area contributed by atoms with Gasteiger partial charge in [-0.15, -0.1) is 6.58 Å². The first-order valence-corrected chi connectivity index (χ1v) is 9.29. The highest BCUT2D eigenvalue weighted by Crippen LogP contribution is 2.27. The van der Waals surface area contributed by atoms with Crippen molar-refractivity contribution in [3.8, 4) is 0 Å². The molecule has 0 amide bonds. The Kier molecular flexibility index (Phi) is 4.11. The van der Waals surface area contributed by atoms with Crippen molar-refractivity contribution < 1.29 is 5.11 Å². The van der Waals surface area contributed by atoms with Gasteiger partial charge in [0.05, 0.1) is 13.3 Å². The van der Waals surface area contributed by atoms with Crippen LogP contribution in [0.4, 0.5) is 0 Å². The summed E-state index contributed by atoms with van der Waals surface area (Å²) >= 11 is 0. The number of aliphatic hydroxyl groups is 1. The van der Waals surface area contributed by atoms with Crippen LogP contribution in [-0.4, -0.2) is 18.4 Å². The predicted octanol–water partition coefficient (Wildman–Crippen LogP) is 3.41. The predicted molar refractivity (Wildman–Crippen MR) is 73.3 cm³/mol. The molecule has 0 radical (unpaired) electrons. The molecule has 1 N–H and O–H groups in total. The minimum absolute atomic E-state index is 0.664. The minimum Gasteiger partial charge on any atom is -0.389 e. The van der Waals surface area contributed by atoms with Crippen LogP contribution in [-0.2, 0) is 6.42 Å². The van der Waals surface area contributed by atoms with E-state index in [4.69, 9.17) is 0 Å². The van der Waals surface area contributed by atoms with E-state index in [1.165, 1.54) is 5.56 Å². The van der Waals surface area contributed by atoms with Gasteiger partial charge in [0.2, 0.25) is 0 Å². The van der Waals surface area contributed by atoms with Crippen LogP contribution in [0.15, 0.2) is 43.0 Å². The zero-order valence-corrected chi connectivity index (χ0v) is 11.5. The van der Waals surface area contributed by atoms with E-state index < -0.39 is 13.3 Å². The maximum Gasteiger partial charge on any atom is 0.0870 e. The van der Waals surface area contributed by atoms with E-state index >= 15 is 0 Å². The molecule has 0 aliphatic rings. The maximum absolute atomic E-state index is 10.6. The summed E-state index contributed by atoms with van der Waals surface area (Å²) in [5.41, 5.74) is 1.28. The lowest BCUT2D eigenvalue weighted by Gasteiger charge is -2.36. The van der Waals surface area contributed by atoms with Crippen LogP contribution < -0.4 is 0 Å². The van der Waals surface area contributed by atoms with Crippen molar-refractivity contribution >= 4 is 8.07 Å². The second-order valence-electron chi connectivity index (χ2n) is 5.36. The van der Waals surface area contributed by atoms with Crippen molar-refractivity contribution in [1.29, 1.82) is 0 Å². The van der Waals surface area contributed by atoms with Crippen molar-refractivity contribution in [3.63, 3.8) is 0 Å². The van der Waals surface area contributed by atoms with E-state index in [0.29, 0.717) is 0 Å². The lowest BCUT2D eigenvalue weighted by molar-refractivity contribution is 0.156. The Hall–Kier alpha value is -0.863. The van der Waals surface area contributed by atoms with Crippen LogP contribution in [0.2, 0.25) is 19.6 Å². The van der Waals surface area contributed by atoms with Crippen molar-refractivity contribution in [2.24, 2.45) is 0 Å². The molecule has 2 heteroatoms. The molecule has 0 aliphatic heterocycles. The molecule has 16 heavy (non-hydrogen) atoms. The van der Waals surface area contributed by atoms with Crippen molar-refractivity contribution in [3.05, 3.63) is 48.6 Å². The number of rotatable bonds is 5. The van der Waals surface area contributed by atoms with Crippen molar-refractivity contribution in [2.45, 2.75) is 37.7 Å². The molecule has 1 atom stereocenters. The summed E-state index contributed by atoms with van der Waals surface area (Å²) in [6, 6.07) is 10.3. The Labute approximate surface area is 99.8 Å². The lowest BCUT2D eigenvalue weighted by atomic mass is 10.1. The Balaban J connectivity index is 2.70. The molecule has 88 valence electrons. The number of aryl methyl sites for hydroxylation is 1. The highest BCUT2D eigenvalue weighted by molar-refractivity contribution is 6.79. The second kappa shape index (κ2) is 4.98. The third kappa shape index (κ3) is 3.06. The van der Waals surface area contributed by atoms with Gasteiger partial charge in [-0.25, -0.2) is 0 Å². The van der Waals surface area contributed by atoms with Gasteiger partial charge in [0, 0.05) is 0 Å². The van der Waals surface area contributed by atoms with E-state index in [0.717, 1.165) is 12.8 Å². The van der Waals surface area contributed by atoms with Gasteiger partial charge in [-0.2, -0.15) is 0 Å². The first-order chi connectivity index (χ1) is 7.39. The molecule has 0 fully saturated rings. The van der Waals surface area contributed by atoms with Crippen LogP contribution in [0.5, 0.6) is 0 Å². The molecule has 0 spiro atoms. The summed E-state index contributed by atoms with van der Waals surface area (Å²) in [6.07, 6.45) is 3.42. The molecule has 0 saturated heterocycles. The summed E-state index contributed by atoms with van der Waals surface area (Å²) < 4.78 is 0. The smallest absolute Gasteiger partial charge is 0.0870 e. The summed E-state index contributed by atoms with van der Waals surface area (Å²) in [6.45, 7) is 10.3. The van der Waals surface area contributed by atoms with Gasteiger partial charge < -0.3 is 5.11 Å². The first kappa shape index (κ1) is 13.2. The Morgan fingerprint density at radius 3 is 2.25 bits per heavy atom. The average Bonchev–Trinajstić information content (AvgIpc) is 2.26. The molecular formula is C14H22OSi. The third-order valence-electron chi connectivity index (χ3n) is 3.27. The van der Waals surface area contributed by atoms with Gasteiger partial charge in [0.25, 0.3) is 0 Å². The van der Waals surface area contributed by atoms with Gasteiger partial charge in [-0.3, -0.25) is 0 Å². The van der Waals surface area contributed by atoms with Gasteiger partial charge in [0.1, 0.15) is 0 Å². The monoisotopic (exact) mass is 234 g/mol. The topological polar surface area (TPSA) is 20.2 Å². The number of hydrogen-bond acceptors (Lipinski definition) is 1. The molecule has 1 unspecified atom stereocenters. The third-order valence-corrected chi connectivity index (χ3v) is 6.33. The van der Waals surface area contributed by atoms with E-state index in [1.54, 1.807) is 6.08 Å². The maximum atomic E-state index is 10.6. The first-order valence-electron chi connectivity index (χ1n) is 5.79. The molecule has 1 aromatic rings. The van der Waals surface area contributed by atoms with Crippen molar-refractivity contribution in [1.82, 2.24) is 0 Å². The normalized spacial score (nSPS) is 15.5. The Bertz CT molecular complexity index is 340. The summed E-state index contributed by atoms with van der Waals surface area (Å²) in [5.74, 6) is 0. The average molecular weight is 234 g/mol. The van der Waals surface area contributed by atoms with E-state index in [-0.39, 0.29) is 0 Å². The highest BCUT2D eigenvalue weighted by Gasteiger charge is 2.38. The van der Waals surface area contributed by atoms with E-state index in [1.807, 2.05) is 18.2 Å². The summed E-state index contributed by atoms with van der Waals surface area (Å²) in [4.78, 5) is 0.